The van der Waals surface area contributed by atoms with Gasteiger partial charge < -0.3 is 39.9 Å². The van der Waals surface area contributed by atoms with Crippen LogP contribution in [-0.2, 0) is 41.6 Å². The van der Waals surface area contributed by atoms with Gasteiger partial charge in [0.05, 0.1) is 26.4 Å². The standard InChI is InChI=1S/C11H14BNO4.C7H8BNO2.C4H7BrO2/c1-2-16-10(14)6-13-9-5-3-4-8-7-17-12(15)11(8)9;9-6-3-1-2-5-4-11-8(10)7(5)6;1-2-7-4(6)3-5/h3-5,13,15H,2,6-7H2,1H3;1-3,10H,4,9H2;2-3H2,1H3. The lowest BCUT2D eigenvalue weighted by Gasteiger charge is -2.10. The summed E-state index contributed by atoms with van der Waals surface area (Å²) < 4.78 is 19.4. The Morgan fingerprint density at radius 3 is 2.06 bits per heavy atom. The number of carbonyl (C=O) groups excluding carboxylic acids is 2. The number of benzene rings is 2. The van der Waals surface area contributed by atoms with Gasteiger partial charge in [0.15, 0.2) is 0 Å². The number of alkyl halides is 1. The zero-order valence-electron chi connectivity index (χ0n) is 19.7. The van der Waals surface area contributed by atoms with E-state index in [0.29, 0.717) is 48.6 Å². The Morgan fingerprint density at radius 2 is 1.51 bits per heavy atom. The number of halogens is 1. The van der Waals surface area contributed by atoms with Crippen LogP contribution in [-0.4, -0.2) is 61.3 Å². The van der Waals surface area contributed by atoms with Crippen LogP contribution in [0.3, 0.4) is 0 Å². The topological polar surface area (TPSA) is 150 Å². The number of rotatable bonds is 6. The number of hydrogen-bond acceptors (Lipinski definition) is 10. The van der Waals surface area contributed by atoms with E-state index in [1.807, 2.05) is 24.3 Å². The highest BCUT2D eigenvalue weighted by atomic mass is 79.9. The Balaban J connectivity index is 0.000000206. The third-order valence-corrected chi connectivity index (χ3v) is 5.31. The molecule has 0 fully saturated rings. The molecule has 5 N–H and O–H groups in total. The zero-order valence-corrected chi connectivity index (χ0v) is 21.2. The van der Waals surface area contributed by atoms with Crippen molar-refractivity contribution >= 4 is 64.4 Å². The van der Waals surface area contributed by atoms with E-state index in [4.69, 9.17) is 19.8 Å². The van der Waals surface area contributed by atoms with Crippen LogP contribution in [0.4, 0.5) is 11.4 Å². The number of nitrogens with one attached hydrogen (secondary N) is 1. The van der Waals surface area contributed by atoms with Crippen LogP contribution in [0.5, 0.6) is 0 Å². The lowest BCUT2D eigenvalue weighted by Crippen LogP contribution is -2.32. The predicted octanol–water partition coefficient (Wildman–Crippen LogP) is 0.310. The van der Waals surface area contributed by atoms with Gasteiger partial charge in [-0.3, -0.25) is 9.59 Å². The van der Waals surface area contributed by atoms with Crippen molar-refractivity contribution in [3.63, 3.8) is 0 Å². The van der Waals surface area contributed by atoms with Gasteiger partial charge in [-0.25, -0.2) is 0 Å². The van der Waals surface area contributed by atoms with Gasteiger partial charge in [-0.2, -0.15) is 0 Å². The first-order valence-corrected chi connectivity index (χ1v) is 12.1. The molecule has 0 saturated carbocycles. The van der Waals surface area contributed by atoms with Crippen LogP contribution in [0, 0.1) is 0 Å². The molecule has 2 aliphatic rings. The smallest absolute Gasteiger partial charge is 0.465 e. The van der Waals surface area contributed by atoms with Crippen LogP contribution in [0.25, 0.3) is 0 Å². The highest BCUT2D eigenvalue weighted by Crippen LogP contribution is 2.16. The molecule has 0 saturated heterocycles. The number of esters is 2. The van der Waals surface area contributed by atoms with Crippen LogP contribution in [0.15, 0.2) is 36.4 Å². The number of ether oxygens (including phenoxy) is 2. The molecular formula is C22H29B2BrN2O8. The minimum Gasteiger partial charge on any atom is -0.465 e. The first-order valence-electron chi connectivity index (χ1n) is 11.0. The summed E-state index contributed by atoms with van der Waals surface area (Å²) in [5.41, 5.74) is 10.3. The molecule has 35 heavy (non-hydrogen) atoms. The molecule has 4 rings (SSSR count). The Hall–Kier alpha value is -2.57. The Morgan fingerprint density at radius 1 is 0.971 bits per heavy atom. The van der Waals surface area contributed by atoms with Crippen molar-refractivity contribution in [3.8, 4) is 0 Å². The number of fused-ring (bicyclic) bond motifs is 2. The number of carbonyl (C=O) groups is 2. The van der Waals surface area contributed by atoms with E-state index in [-0.39, 0.29) is 18.5 Å². The fourth-order valence-electron chi connectivity index (χ4n) is 3.33. The number of nitrogen functional groups attached to an aromatic ring is 1. The van der Waals surface area contributed by atoms with Gasteiger partial charge in [-0.15, -0.1) is 0 Å². The average Bonchev–Trinajstić information content (AvgIpc) is 3.42. The largest absolute Gasteiger partial charge is 0.493 e. The van der Waals surface area contributed by atoms with Gasteiger partial charge in [-0.05, 0) is 37.1 Å². The predicted molar refractivity (Wildman–Crippen MR) is 138 cm³/mol. The third-order valence-electron chi connectivity index (χ3n) is 4.86. The molecule has 10 nitrogen and oxygen atoms in total. The van der Waals surface area contributed by atoms with Crippen molar-refractivity contribution in [2.24, 2.45) is 0 Å². The Labute approximate surface area is 213 Å². The lowest BCUT2D eigenvalue weighted by atomic mass is 9.78. The maximum absolute atomic E-state index is 11.2. The summed E-state index contributed by atoms with van der Waals surface area (Å²) in [5, 5.41) is 22.2. The van der Waals surface area contributed by atoms with Gasteiger partial charge >= 0.3 is 26.2 Å². The molecular weight excluding hydrogens is 522 g/mol. The van der Waals surface area contributed by atoms with E-state index in [9.17, 15) is 19.6 Å². The van der Waals surface area contributed by atoms with E-state index >= 15 is 0 Å². The van der Waals surface area contributed by atoms with Crippen LogP contribution in [0.1, 0.15) is 25.0 Å². The first-order chi connectivity index (χ1) is 16.8. The summed E-state index contributed by atoms with van der Waals surface area (Å²) in [6.45, 7) is 5.30. The van der Waals surface area contributed by atoms with Crippen molar-refractivity contribution in [2.45, 2.75) is 27.1 Å². The quantitative estimate of drug-likeness (QED) is 0.171. The Kier molecular flexibility index (Phi) is 12.1. The summed E-state index contributed by atoms with van der Waals surface area (Å²) in [6, 6.07) is 11.1. The molecule has 0 bridgehead atoms. The second-order valence-corrected chi connectivity index (χ2v) is 7.78. The Bertz CT molecular complexity index is 998. The summed E-state index contributed by atoms with van der Waals surface area (Å²) in [6.07, 6.45) is 0. The highest BCUT2D eigenvalue weighted by Gasteiger charge is 2.30. The van der Waals surface area contributed by atoms with Crippen molar-refractivity contribution in [1.29, 1.82) is 0 Å². The molecule has 2 heterocycles. The molecule has 0 amide bonds. The SMILES string of the molecule is CCOC(=O)CBr.CCOC(=O)CNc1cccc2c1B(O)OC2.Nc1cccc2c1B(O)OC2. The van der Waals surface area contributed by atoms with Crippen molar-refractivity contribution in [3.05, 3.63) is 47.5 Å². The highest BCUT2D eigenvalue weighted by molar-refractivity contribution is 9.09. The maximum Gasteiger partial charge on any atom is 0.493 e. The first kappa shape index (κ1) is 28.7. The normalized spacial score (nSPS) is 12.9. The van der Waals surface area contributed by atoms with Crippen molar-refractivity contribution in [1.82, 2.24) is 0 Å². The van der Waals surface area contributed by atoms with Gasteiger partial charge in [-0.1, -0.05) is 40.2 Å². The maximum atomic E-state index is 11.2. The summed E-state index contributed by atoms with van der Waals surface area (Å²) >= 11 is 2.94. The van der Waals surface area contributed by atoms with E-state index < -0.39 is 14.2 Å². The van der Waals surface area contributed by atoms with E-state index in [0.717, 1.165) is 16.6 Å². The van der Waals surface area contributed by atoms with E-state index in [1.54, 1.807) is 26.0 Å². The van der Waals surface area contributed by atoms with Gasteiger partial charge in [0.2, 0.25) is 0 Å². The summed E-state index contributed by atoms with van der Waals surface area (Å²) in [4.78, 5) is 21.4. The number of nitrogens with two attached hydrogens (primary N) is 1. The molecule has 0 spiro atoms. The molecule has 0 radical (unpaired) electrons. The molecule has 2 aromatic rings. The molecule has 0 aromatic heterocycles. The van der Waals surface area contributed by atoms with E-state index in [1.165, 1.54) is 0 Å². The second-order valence-electron chi connectivity index (χ2n) is 7.22. The molecule has 13 heteroatoms. The minimum absolute atomic E-state index is 0.0804. The molecule has 188 valence electrons. The molecule has 0 atom stereocenters. The molecule has 0 unspecified atom stereocenters. The molecule has 2 aliphatic heterocycles. The fraction of sp³-hybridized carbons (Fsp3) is 0.364. The van der Waals surface area contributed by atoms with Crippen LogP contribution >= 0.6 is 15.9 Å². The molecule has 0 aliphatic carbocycles. The fourth-order valence-corrected chi connectivity index (χ4v) is 3.49. The summed E-state index contributed by atoms with van der Waals surface area (Å²) in [7, 11) is -1.75. The van der Waals surface area contributed by atoms with Gasteiger partial charge in [0, 0.05) is 22.3 Å². The van der Waals surface area contributed by atoms with Gasteiger partial charge in [0.1, 0.15) is 11.9 Å². The van der Waals surface area contributed by atoms with Crippen LogP contribution in [0.2, 0.25) is 0 Å². The minimum atomic E-state index is -0.920. The van der Waals surface area contributed by atoms with Gasteiger partial charge in [0.25, 0.3) is 0 Å². The van der Waals surface area contributed by atoms with E-state index in [2.05, 4.69) is 26.0 Å². The summed E-state index contributed by atoms with van der Waals surface area (Å²) in [5.74, 6) is -0.527. The number of anilines is 2. The van der Waals surface area contributed by atoms with Crippen LogP contribution < -0.4 is 22.0 Å². The zero-order chi connectivity index (χ0) is 25.8. The monoisotopic (exact) mass is 550 g/mol. The average molecular weight is 551 g/mol. The lowest BCUT2D eigenvalue weighted by molar-refractivity contribution is -0.141. The second kappa shape index (κ2) is 14.7. The molecule has 2 aromatic carbocycles. The number of hydrogen-bond donors (Lipinski definition) is 4. The van der Waals surface area contributed by atoms with Crippen molar-refractivity contribution < 1.29 is 38.4 Å². The van der Waals surface area contributed by atoms with Crippen molar-refractivity contribution in [2.75, 3.05) is 36.1 Å². The third kappa shape index (κ3) is 8.55.